The molecule has 1 heterocycles. The van der Waals surface area contributed by atoms with Crippen LogP contribution in [0.2, 0.25) is 15.1 Å². The Morgan fingerprint density at radius 1 is 0.875 bits per heavy atom. The Morgan fingerprint density at radius 3 is 2.17 bits per heavy atom. The largest absolute Gasteiger partial charge is 0.323 e. The predicted octanol–water partition coefficient (Wildman–Crippen LogP) is 4.17. The number of imide groups is 1. The fourth-order valence-electron chi connectivity index (χ4n) is 2.18. The minimum atomic E-state index is -0.620. The van der Waals surface area contributed by atoms with Crippen molar-refractivity contribution in [3.05, 3.63) is 56.5 Å². The van der Waals surface area contributed by atoms with Crippen molar-refractivity contribution in [1.29, 1.82) is 0 Å². The highest BCUT2D eigenvalue weighted by Crippen LogP contribution is 2.33. The highest BCUT2D eigenvalue weighted by atomic mass is 35.5. The first-order chi connectivity index (χ1) is 11.3. The molecule has 4 amide bonds. The number of halogens is 3. The summed E-state index contributed by atoms with van der Waals surface area (Å²) in [5.41, 5.74) is 0.988. The van der Waals surface area contributed by atoms with Gasteiger partial charge in [0, 0.05) is 10.7 Å². The van der Waals surface area contributed by atoms with Gasteiger partial charge in [-0.3, -0.25) is 14.9 Å². The van der Waals surface area contributed by atoms with E-state index in [2.05, 4.69) is 16.0 Å². The van der Waals surface area contributed by atoms with Crippen LogP contribution < -0.4 is 16.0 Å². The smallest absolute Gasteiger partial charge is 0.308 e. The van der Waals surface area contributed by atoms with Crippen LogP contribution in [0.4, 0.5) is 16.2 Å². The van der Waals surface area contributed by atoms with E-state index in [1.165, 1.54) is 30.3 Å². The molecule has 1 aliphatic heterocycles. The molecular weight excluding hydrogens is 377 g/mol. The van der Waals surface area contributed by atoms with Crippen LogP contribution in [0.25, 0.3) is 0 Å². The van der Waals surface area contributed by atoms with Crippen molar-refractivity contribution in [2.45, 2.75) is 0 Å². The van der Waals surface area contributed by atoms with E-state index in [4.69, 9.17) is 34.8 Å². The molecule has 0 fully saturated rings. The lowest BCUT2D eigenvalue weighted by atomic mass is 10.1. The zero-order valence-electron chi connectivity index (χ0n) is 11.7. The normalized spacial score (nSPS) is 12.6. The number of nitrogens with one attached hydrogen (secondary N) is 3. The molecule has 9 heteroatoms. The molecule has 0 aliphatic carbocycles. The zero-order valence-corrected chi connectivity index (χ0v) is 14.0. The zero-order chi connectivity index (χ0) is 17.4. The van der Waals surface area contributed by atoms with Gasteiger partial charge in [-0.25, -0.2) is 4.79 Å². The van der Waals surface area contributed by atoms with Crippen LogP contribution in [0.5, 0.6) is 0 Å². The first-order valence-corrected chi connectivity index (χ1v) is 7.71. The van der Waals surface area contributed by atoms with Gasteiger partial charge in [-0.1, -0.05) is 34.8 Å². The van der Waals surface area contributed by atoms with E-state index in [9.17, 15) is 14.4 Å². The summed E-state index contributed by atoms with van der Waals surface area (Å²) >= 11 is 17.8. The summed E-state index contributed by atoms with van der Waals surface area (Å²) in [6.07, 6.45) is 0. The third-order valence-electron chi connectivity index (χ3n) is 3.24. The monoisotopic (exact) mass is 383 g/mol. The van der Waals surface area contributed by atoms with Crippen LogP contribution in [0.3, 0.4) is 0 Å². The van der Waals surface area contributed by atoms with Gasteiger partial charge in [0.2, 0.25) is 0 Å². The minimum absolute atomic E-state index is 0.182. The summed E-state index contributed by atoms with van der Waals surface area (Å²) in [6, 6.07) is 6.62. The number of rotatable bonds is 2. The van der Waals surface area contributed by atoms with E-state index < -0.39 is 17.8 Å². The lowest BCUT2D eigenvalue weighted by Crippen LogP contribution is -2.20. The second-order valence-corrected chi connectivity index (χ2v) is 6.12. The summed E-state index contributed by atoms with van der Waals surface area (Å²) in [4.78, 5) is 35.2. The van der Waals surface area contributed by atoms with E-state index in [0.717, 1.165) is 0 Å². The third kappa shape index (κ3) is 3.17. The Kier molecular flexibility index (Phi) is 4.36. The average Bonchev–Trinajstić information content (AvgIpc) is 2.77. The Hall–Kier alpha value is -2.28. The summed E-state index contributed by atoms with van der Waals surface area (Å²) in [5.74, 6) is -0.978. The van der Waals surface area contributed by atoms with Gasteiger partial charge in [-0.05, 0) is 30.3 Å². The number of benzene rings is 2. The standard InChI is InChI=1S/C15H8Cl3N3O3/c16-6-3-10(17)12(11(18)4-6)20-15(24)19-7-1-2-8-9(5-7)14(23)21-13(8)22/h1-5H,(H2,19,20,24)(H,21,22,23). The SMILES string of the molecule is O=C(Nc1ccc2c(c1)C(=O)NC2=O)Nc1c(Cl)cc(Cl)cc1Cl. The summed E-state index contributed by atoms with van der Waals surface area (Å²) in [5, 5.41) is 7.91. The number of carbonyl (C=O) groups is 3. The Balaban J connectivity index is 1.78. The fraction of sp³-hybridized carbons (Fsp3) is 0. The molecule has 0 aromatic heterocycles. The lowest BCUT2D eigenvalue weighted by molar-refractivity contribution is 0.0879. The Bertz CT molecular complexity index is 876. The summed E-state index contributed by atoms with van der Waals surface area (Å²) < 4.78 is 0. The summed E-state index contributed by atoms with van der Waals surface area (Å²) in [7, 11) is 0. The van der Waals surface area contributed by atoms with Crippen LogP contribution in [-0.2, 0) is 0 Å². The van der Waals surface area contributed by atoms with Crippen molar-refractivity contribution < 1.29 is 14.4 Å². The van der Waals surface area contributed by atoms with Gasteiger partial charge in [0.15, 0.2) is 0 Å². The van der Waals surface area contributed by atoms with Gasteiger partial charge in [0.25, 0.3) is 11.8 Å². The topological polar surface area (TPSA) is 87.3 Å². The van der Waals surface area contributed by atoms with E-state index in [-0.39, 0.29) is 26.9 Å². The maximum Gasteiger partial charge on any atom is 0.323 e. The predicted molar refractivity (Wildman–Crippen MR) is 92.4 cm³/mol. The van der Waals surface area contributed by atoms with Crippen LogP contribution in [0, 0.1) is 0 Å². The van der Waals surface area contributed by atoms with Crippen molar-refractivity contribution in [3.8, 4) is 0 Å². The van der Waals surface area contributed by atoms with Gasteiger partial charge in [-0.2, -0.15) is 0 Å². The van der Waals surface area contributed by atoms with E-state index >= 15 is 0 Å². The lowest BCUT2D eigenvalue weighted by Gasteiger charge is -2.11. The molecule has 0 spiro atoms. The van der Waals surface area contributed by atoms with Gasteiger partial charge in [-0.15, -0.1) is 0 Å². The minimum Gasteiger partial charge on any atom is -0.308 e. The molecule has 0 radical (unpaired) electrons. The second kappa shape index (κ2) is 6.32. The number of anilines is 2. The summed E-state index contributed by atoms with van der Waals surface area (Å²) in [6.45, 7) is 0. The van der Waals surface area contributed by atoms with Crippen molar-refractivity contribution in [2.75, 3.05) is 10.6 Å². The van der Waals surface area contributed by atoms with Gasteiger partial charge in [0.05, 0.1) is 26.9 Å². The molecule has 3 N–H and O–H groups in total. The van der Waals surface area contributed by atoms with E-state index in [0.29, 0.717) is 10.7 Å². The quantitative estimate of drug-likeness (QED) is 0.679. The molecule has 6 nitrogen and oxygen atoms in total. The first kappa shape index (κ1) is 16.6. The molecule has 3 rings (SSSR count). The number of amides is 4. The number of hydrogen-bond donors (Lipinski definition) is 3. The molecule has 0 saturated heterocycles. The van der Waals surface area contributed by atoms with Crippen molar-refractivity contribution in [2.24, 2.45) is 0 Å². The van der Waals surface area contributed by atoms with Crippen molar-refractivity contribution in [3.63, 3.8) is 0 Å². The van der Waals surface area contributed by atoms with Crippen molar-refractivity contribution >= 4 is 64.0 Å². The average molecular weight is 385 g/mol. The molecule has 0 bridgehead atoms. The number of urea groups is 1. The molecule has 122 valence electrons. The second-order valence-electron chi connectivity index (χ2n) is 4.87. The molecule has 24 heavy (non-hydrogen) atoms. The fourth-order valence-corrected chi connectivity index (χ4v) is 3.09. The molecule has 0 unspecified atom stereocenters. The number of carbonyl (C=O) groups excluding carboxylic acids is 3. The number of fused-ring (bicyclic) bond motifs is 1. The third-order valence-corrected chi connectivity index (χ3v) is 4.05. The van der Waals surface area contributed by atoms with Gasteiger partial charge >= 0.3 is 6.03 Å². The van der Waals surface area contributed by atoms with Gasteiger partial charge in [0.1, 0.15) is 0 Å². The first-order valence-electron chi connectivity index (χ1n) is 6.57. The molecule has 0 atom stereocenters. The Morgan fingerprint density at radius 2 is 1.50 bits per heavy atom. The molecular formula is C15H8Cl3N3O3. The van der Waals surface area contributed by atoms with Gasteiger partial charge < -0.3 is 10.6 Å². The van der Waals surface area contributed by atoms with Crippen molar-refractivity contribution in [1.82, 2.24) is 5.32 Å². The highest BCUT2D eigenvalue weighted by Gasteiger charge is 2.26. The molecule has 2 aromatic carbocycles. The molecule has 0 saturated carbocycles. The Labute approximate surface area is 151 Å². The highest BCUT2D eigenvalue weighted by molar-refractivity contribution is 6.42. The molecule has 1 aliphatic rings. The number of hydrogen-bond acceptors (Lipinski definition) is 3. The van der Waals surface area contributed by atoms with E-state index in [1.54, 1.807) is 0 Å². The van der Waals surface area contributed by atoms with Crippen LogP contribution in [-0.4, -0.2) is 17.8 Å². The van der Waals surface area contributed by atoms with Crippen LogP contribution in [0.15, 0.2) is 30.3 Å². The molecule has 2 aromatic rings. The van der Waals surface area contributed by atoms with Crippen LogP contribution in [0.1, 0.15) is 20.7 Å². The van der Waals surface area contributed by atoms with E-state index in [1.807, 2.05) is 0 Å². The maximum absolute atomic E-state index is 12.1. The maximum atomic E-state index is 12.1. The van der Waals surface area contributed by atoms with Crippen LogP contribution >= 0.6 is 34.8 Å².